The van der Waals surface area contributed by atoms with Crippen LogP contribution in [0.5, 0.6) is 0 Å². The highest BCUT2D eigenvalue weighted by Crippen LogP contribution is 2.32. The van der Waals surface area contributed by atoms with E-state index in [-0.39, 0.29) is 11.9 Å². The van der Waals surface area contributed by atoms with Crippen LogP contribution in [0.3, 0.4) is 0 Å². The van der Waals surface area contributed by atoms with Gasteiger partial charge in [0, 0.05) is 25.7 Å². The van der Waals surface area contributed by atoms with Crippen LogP contribution in [0.25, 0.3) is 5.52 Å². The molecule has 1 aliphatic carbocycles. The Morgan fingerprint density at radius 1 is 1.43 bits per heavy atom. The van der Waals surface area contributed by atoms with E-state index in [4.69, 9.17) is 11.6 Å². The van der Waals surface area contributed by atoms with Crippen LogP contribution in [0.1, 0.15) is 24.8 Å². The Morgan fingerprint density at radius 3 is 2.91 bits per heavy atom. The molecular formula is C15H20ClN5OS. The summed E-state index contributed by atoms with van der Waals surface area (Å²) >= 11 is 6.38. The van der Waals surface area contributed by atoms with E-state index < -0.39 is 0 Å². The van der Waals surface area contributed by atoms with Crippen molar-refractivity contribution in [1.82, 2.24) is 18.9 Å². The van der Waals surface area contributed by atoms with Gasteiger partial charge in [0.2, 0.25) is 0 Å². The lowest BCUT2D eigenvalue weighted by molar-refractivity contribution is 0.330. The van der Waals surface area contributed by atoms with E-state index in [1.807, 2.05) is 13.0 Å². The van der Waals surface area contributed by atoms with E-state index in [9.17, 15) is 4.21 Å². The average Bonchev–Trinajstić information content (AvgIpc) is 3.29. The van der Waals surface area contributed by atoms with Crippen molar-refractivity contribution >= 4 is 34.8 Å². The molecule has 6 nitrogen and oxygen atoms in total. The lowest BCUT2D eigenvalue weighted by Crippen LogP contribution is -2.48. The standard InChI is InChI=1S/C15H20ClN5OS/c1-10-6-13(16)21-14(10)15(17-9-18-21)19-7-11(8-19)4-5-20(23-22)12-2-3-12/h6,9,11-12,23H,2-5,7-8H2,1H3. The first-order valence-electron chi connectivity index (χ1n) is 8.01. The molecule has 0 amide bonds. The van der Waals surface area contributed by atoms with Crippen LogP contribution in [-0.4, -0.2) is 48.8 Å². The number of hydrogen-bond donors (Lipinski definition) is 1. The fourth-order valence-electron chi connectivity index (χ4n) is 3.29. The van der Waals surface area contributed by atoms with E-state index in [1.54, 1.807) is 10.8 Å². The summed E-state index contributed by atoms with van der Waals surface area (Å²) in [6.07, 6.45) is 5.04. The predicted octanol–water partition coefficient (Wildman–Crippen LogP) is 1.84. The molecule has 0 spiro atoms. The zero-order valence-corrected chi connectivity index (χ0v) is 14.7. The first kappa shape index (κ1) is 15.4. The minimum Gasteiger partial charge on any atom is -0.354 e. The topological polar surface area (TPSA) is 53.7 Å². The number of nitrogens with zero attached hydrogens (tertiary/aromatic N) is 5. The van der Waals surface area contributed by atoms with Gasteiger partial charge in [-0.1, -0.05) is 11.6 Å². The highest BCUT2D eigenvalue weighted by molar-refractivity contribution is 7.63. The van der Waals surface area contributed by atoms with E-state index in [0.717, 1.165) is 43.0 Å². The molecule has 0 N–H and O–H groups in total. The Morgan fingerprint density at radius 2 is 2.22 bits per heavy atom. The van der Waals surface area contributed by atoms with Gasteiger partial charge in [-0.3, -0.25) is 0 Å². The molecule has 2 fully saturated rings. The molecule has 2 aromatic heterocycles. The minimum absolute atomic E-state index is 0.177. The summed E-state index contributed by atoms with van der Waals surface area (Å²) in [5, 5.41) is 4.84. The molecule has 1 saturated carbocycles. The maximum atomic E-state index is 11.2. The second-order valence-corrected chi connectivity index (χ2v) is 7.59. The molecule has 0 unspecified atom stereocenters. The zero-order valence-electron chi connectivity index (χ0n) is 13.0. The predicted molar refractivity (Wildman–Crippen MR) is 92.3 cm³/mol. The Labute approximate surface area is 144 Å². The van der Waals surface area contributed by atoms with Gasteiger partial charge >= 0.3 is 0 Å². The zero-order chi connectivity index (χ0) is 16.0. The smallest absolute Gasteiger partial charge is 0.156 e. The fourth-order valence-corrected chi connectivity index (χ4v) is 4.15. The molecule has 0 aromatic carbocycles. The van der Waals surface area contributed by atoms with Crippen LogP contribution in [0.2, 0.25) is 5.15 Å². The van der Waals surface area contributed by atoms with Gasteiger partial charge in [0.05, 0.1) is 11.9 Å². The Balaban J connectivity index is 1.41. The van der Waals surface area contributed by atoms with Gasteiger partial charge in [0.1, 0.15) is 17.0 Å². The highest BCUT2D eigenvalue weighted by Gasteiger charge is 2.33. The van der Waals surface area contributed by atoms with E-state index >= 15 is 0 Å². The normalized spacial score (nSPS) is 18.8. The van der Waals surface area contributed by atoms with Gasteiger partial charge < -0.3 is 4.90 Å². The second-order valence-electron chi connectivity index (χ2n) is 6.53. The lowest BCUT2D eigenvalue weighted by Gasteiger charge is -2.41. The fraction of sp³-hybridized carbons (Fsp3) is 0.600. The molecule has 2 aliphatic rings. The van der Waals surface area contributed by atoms with Crippen molar-refractivity contribution in [2.75, 3.05) is 24.5 Å². The van der Waals surface area contributed by atoms with E-state index in [0.29, 0.717) is 17.1 Å². The molecule has 124 valence electrons. The Hall–Kier alpha value is -1.18. The van der Waals surface area contributed by atoms with Crippen molar-refractivity contribution in [3.63, 3.8) is 0 Å². The molecule has 8 heteroatoms. The largest absolute Gasteiger partial charge is 0.354 e. The number of thiol groups is 1. The van der Waals surface area contributed by atoms with Gasteiger partial charge in [0.25, 0.3) is 0 Å². The van der Waals surface area contributed by atoms with E-state index in [2.05, 4.69) is 19.3 Å². The van der Waals surface area contributed by atoms with Gasteiger partial charge in [-0.15, -0.1) is 0 Å². The van der Waals surface area contributed by atoms with Gasteiger partial charge in [-0.05, 0) is 43.7 Å². The third-order valence-electron chi connectivity index (χ3n) is 4.78. The SMILES string of the molecule is Cc1cc(Cl)n2ncnc(N3CC(CCN([SH]=O)C4CC4)C3)c12. The Bertz CT molecular complexity index is 741. The lowest BCUT2D eigenvalue weighted by atomic mass is 9.96. The summed E-state index contributed by atoms with van der Waals surface area (Å²) in [5.41, 5.74) is 2.09. The first-order valence-corrected chi connectivity index (χ1v) is 9.15. The summed E-state index contributed by atoms with van der Waals surface area (Å²) < 4.78 is 15.0. The third-order valence-corrected chi connectivity index (χ3v) is 5.78. The van der Waals surface area contributed by atoms with Crippen LogP contribution >= 0.6 is 11.6 Å². The van der Waals surface area contributed by atoms with Crippen molar-refractivity contribution in [2.45, 2.75) is 32.2 Å². The molecule has 3 heterocycles. The molecule has 23 heavy (non-hydrogen) atoms. The van der Waals surface area contributed by atoms with Crippen molar-refractivity contribution in [1.29, 1.82) is 0 Å². The quantitative estimate of drug-likeness (QED) is 0.805. The first-order chi connectivity index (χ1) is 11.2. The minimum atomic E-state index is 0.177. The molecule has 1 saturated heterocycles. The van der Waals surface area contributed by atoms with Crippen molar-refractivity contribution in [3.8, 4) is 0 Å². The molecule has 1 aliphatic heterocycles. The highest BCUT2D eigenvalue weighted by atomic mass is 35.5. The molecule has 0 bridgehead atoms. The number of hydrogen-bond acceptors (Lipinski definition) is 4. The van der Waals surface area contributed by atoms with Gasteiger partial charge in [-0.2, -0.15) is 5.10 Å². The summed E-state index contributed by atoms with van der Waals surface area (Å²) in [6, 6.07) is 2.48. The van der Waals surface area contributed by atoms with Gasteiger partial charge in [0.15, 0.2) is 5.82 Å². The maximum absolute atomic E-state index is 11.2. The van der Waals surface area contributed by atoms with Crippen LogP contribution in [0.15, 0.2) is 12.4 Å². The van der Waals surface area contributed by atoms with Crippen LogP contribution in [-0.2, 0) is 11.9 Å². The second kappa shape index (κ2) is 6.03. The van der Waals surface area contributed by atoms with Crippen LogP contribution in [0.4, 0.5) is 5.82 Å². The molecule has 4 rings (SSSR count). The van der Waals surface area contributed by atoms with Crippen molar-refractivity contribution in [3.05, 3.63) is 23.1 Å². The molecule has 0 atom stereocenters. The number of rotatable bonds is 6. The summed E-state index contributed by atoms with van der Waals surface area (Å²) in [6.45, 7) is 4.93. The third kappa shape index (κ3) is 2.86. The van der Waals surface area contributed by atoms with Crippen molar-refractivity contribution < 1.29 is 4.21 Å². The van der Waals surface area contributed by atoms with Crippen LogP contribution < -0.4 is 4.90 Å². The van der Waals surface area contributed by atoms with Crippen molar-refractivity contribution in [2.24, 2.45) is 5.92 Å². The maximum Gasteiger partial charge on any atom is 0.156 e. The number of aryl methyl sites for hydroxylation is 1. The van der Waals surface area contributed by atoms with E-state index in [1.165, 1.54) is 12.8 Å². The molecule has 2 aromatic rings. The summed E-state index contributed by atoms with van der Waals surface area (Å²) in [4.78, 5) is 6.74. The summed E-state index contributed by atoms with van der Waals surface area (Å²) in [7, 11) is 0. The molecule has 0 radical (unpaired) electrons. The van der Waals surface area contributed by atoms with Gasteiger partial charge in [-0.25, -0.2) is 18.0 Å². The average molecular weight is 354 g/mol. The monoisotopic (exact) mass is 353 g/mol. The number of aromatic nitrogens is 3. The Kier molecular flexibility index (Phi) is 4.03. The molecular weight excluding hydrogens is 334 g/mol. The number of anilines is 1. The number of fused-ring (bicyclic) bond motifs is 1. The number of halogens is 1. The van der Waals surface area contributed by atoms with Crippen LogP contribution in [0, 0.1) is 12.8 Å². The summed E-state index contributed by atoms with van der Waals surface area (Å²) in [5.74, 6) is 1.60.